The summed E-state index contributed by atoms with van der Waals surface area (Å²) in [4.78, 5) is 0. The fraction of sp³-hybridized carbons (Fsp3) is 0.154. The van der Waals surface area contributed by atoms with Crippen LogP contribution in [0.2, 0.25) is 0 Å². The monoisotopic (exact) mass is 694 g/mol. The third-order valence-electron chi connectivity index (χ3n) is 8.35. The summed E-state index contributed by atoms with van der Waals surface area (Å²) in [6.07, 6.45) is 9.02. The molecule has 220 valence electrons. The molecule has 7 rings (SSSR count). The first-order valence-corrected chi connectivity index (χ1v) is 18.6. The largest absolute Gasteiger partial charge is 1.00 e. The second-order valence-electron chi connectivity index (χ2n) is 10.8. The average molecular weight is 697 g/mol. The Labute approximate surface area is 280 Å². The molecule has 0 unspecified atom stereocenters. The number of hydrogen-bond donors (Lipinski definition) is 0. The van der Waals surface area contributed by atoms with Gasteiger partial charge in [-0.15, -0.1) is 0 Å². The summed E-state index contributed by atoms with van der Waals surface area (Å²) in [5.74, 6) is 1.83. The molecule has 0 aromatic heterocycles. The molecule has 5 aromatic rings. The molecule has 0 spiro atoms. The predicted molar refractivity (Wildman–Crippen MR) is 172 cm³/mol. The SMILES string of the molecule is CCOc1ccc([C](c2ccc(OCC)cc2)=[Zr+2]([C]2=CC=CC2)[c]2cccc3ccc4c(c23)Cc2ccccc2-4)cc1.[Cl-].[Cl-]. The maximum Gasteiger partial charge on any atom is -1.00 e. The average Bonchev–Trinajstić information content (AvgIpc) is 3.69. The predicted octanol–water partition coefficient (Wildman–Crippen LogP) is 2.57. The van der Waals surface area contributed by atoms with Crippen molar-refractivity contribution in [2.45, 2.75) is 26.7 Å². The number of ether oxygens (including phenoxy) is 2. The van der Waals surface area contributed by atoms with Gasteiger partial charge in [0, 0.05) is 0 Å². The summed E-state index contributed by atoms with van der Waals surface area (Å²) in [6, 6.07) is 38.3. The third kappa shape index (κ3) is 6.03. The van der Waals surface area contributed by atoms with E-state index in [4.69, 9.17) is 9.47 Å². The van der Waals surface area contributed by atoms with Gasteiger partial charge in [0.2, 0.25) is 0 Å². The van der Waals surface area contributed by atoms with Crippen LogP contribution in [0.4, 0.5) is 0 Å². The van der Waals surface area contributed by atoms with Gasteiger partial charge in [-0.2, -0.15) is 0 Å². The molecule has 0 heterocycles. The van der Waals surface area contributed by atoms with Gasteiger partial charge in [-0.05, 0) is 0 Å². The molecular weight excluding hydrogens is 663 g/mol. The van der Waals surface area contributed by atoms with Crippen LogP contribution >= 0.6 is 0 Å². The van der Waals surface area contributed by atoms with Crippen LogP contribution in [0, 0.1) is 0 Å². The molecular formula is C39H34Cl2O2Zr. The van der Waals surface area contributed by atoms with E-state index in [2.05, 4.69) is 121 Å². The van der Waals surface area contributed by atoms with Gasteiger partial charge < -0.3 is 24.8 Å². The van der Waals surface area contributed by atoms with Crippen molar-refractivity contribution in [3.05, 3.63) is 147 Å². The van der Waals surface area contributed by atoms with Crippen molar-refractivity contribution in [3.8, 4) is 22.6 Å². The zero-order valence-electron chi connectivity index (χ0n) is 24.9. The molecule has 5 aromatic carbocycles. The molecule has 44 heavy (non-hydrogen) atoms. The minimum Gasteiger partial charge on any atom is -1.00 e. The van der Waals surface area contributed by atoms with Crippen molar-refractivity contribution in [2.24, 2.45) is 0 Å². The van der Waals surface area contributed by atoms with E-state index in [0.717, 1.165) is 24.3 Å². The fourth-order valence-electron chi connectivity index (χ4n) is 6.55. The summed E-state index contributed by atoms with van der Waals surface area (Å²) in [5.41, 5.74) is 8.29. The van der Waals surface area contributed by atoms with Crippen LogP contribution in [0.3, 0.4) is 0 Å². The van der Waals surface area contributed by atoms with Gasteiger partial charge in [0.15, 0.2) is 0 Å². The van der Waals surface area contributed by atoms with Crippen LogP contribution < -0.4 is 37.6 Å². The van der Waals surface area contributed by atoms with Gasteiger partial charge in [-0.1, -0.05) is 0 Å². The summed E-state index contributed by atoms with van der Waals surface area (Å²) < 4.78 is 16.4. The zero-order chi connectivity index (χ0) is 28.5. The maximum absolute atomic E-state index is 5.84. The molecule has 0 atom stereocenters. The standard InChI is InChI=1S/C17H18O2.C17H11.C5H5.2ClH.Zr/c1-3-18-16-9-5-14(6-10-16)13-15-7-11-17(12-8-15)19-4-2;1-3-7-14-12(5-1)9-10-16-15-8-4-2-6-13(15)11-17(14)16;1-2-4-5-3-1;;;/h5-12H,3-4H2,1-2H3;1-6,8-10H,11H2;1-3H,4H2;2*1H;/q;;;;;+2/p-2. The van der Waals surface area contributed by atoms with Crippen molar-refractivity contribution in [1.29, 1.82) is 0 Å². The van der Waals surface area contributed by atoms with Gasteiger partial charge >= 0.3 is 257 Å². The van der Waals surface area contributed by atoms with Crippen molar-refractivity contribution in [2.75, 3.05) is 13.2 Å². The van der Waals surface area contributed by atoms with E-state index < -0.39 is 21.3 Å². The summed E-state index contributed by atoms with van der Waals surface area (Å²) >= 11 is -2.76. The maximum atomic E-state index is 5.84. The van der Waals surface area contributed by atoms with Crippen LogP contribution in [0.5, 0.6) is 11.5 Å². The summed E-state index contributed by atoms with van der Waals surface area (Å²) in [7, 11) is 0. The smallest absolute Gasteiger partial charge is 1.00 e. The fourth-order valence-corrected chi connectivity index (χ4v) is 14.5. The molecule has 0 aliphatic heterocycles. The Morgan fingerprint density at radius 3 is 1.95 bits per heavy atom. The van der Waals surface area contributed by atoms with E-state index in [1.54, 1.807) is 6.55 Å². The van der Waals surface area contributed by atoms with Crippen molar-refractivity contribution < 1.29 is 55.6 Å². The van der Waals surface area contributed by atoms with E-state index in [-0.39, 0.29) is 24.8 Å². The van der Waals surface area contributed by atoms with Crippen molar-refractivity contribution in [1.82, 2.24) is 0 Å². The van der Waals surface area contributed by atoms with Gasteiger partial charge in [0.25, 0.3) is 0 Å². The molecule has 2 aliphatic carbocycles. The van der Waals surface area contributed by atoms with Crippen LogP contribution in [0.1, 0.15) is 42.5 Å². The van der Waals surface area contributed by atoms with Gasteiger partial charge in [0.05, 0.1) is 0 Å². The van der Waals surface area contributed by atoms with Gasteiger partial charge in [0.1, 0.15) is 0 Å². The number of rotatable bonds is 8. The molecule has 0 saturated heterocycles. The first-order valence-electron chi connectivity index (χ1n) is 14.9. The van der Waals surface area contributed by atoms with E-state index in [0.29, 0.717) is 13.2 Å². The Morgan fingerprint density at radius 2 is 1.34 bits per heavy atom. The Kier molecular flexibility index (Phi) is 10.4. The Morgan fingerprint density at radius 1 is 0.682 bits per heavy atom. The Balaban J connectivity index is 0.00000192. The first-order chi connectivity index (χ1) is 20.7. The van der Waals surface area contributed by atoms with E-state index in [9.17, 15) is 0 Å². The number of allylic oxidation sites excluding steroid dienone is 4. The first kappa shape index (κ1) is 32.2. The van der Waals surface area contributed by atoms with E-state index in [1.807, 2.05) is 13.8 Å². The molecule has 2 aliphatic rings. The molecule has 0 bridgehead atoms. The third-order valence-corrected chi connectivity index (χ3v) is 15.8. The normalized spacial score (nSPS) is 12.2. The molecule has 0 radical (unpaired) electrons. The number of hydrogen-bond acceptors (Lipinski definition) is 2. The number of benzene rings is 5. The zero-order valence-corrected chi connectivity index (χ0v) is 28.9. The minimum absolute atomic E-state index is 0. The summed E-state index contributed by atoms with van der Waals surface area (Å²) in [5, 5.41) is 2.82. The van der Waals surface area contributed by atoms with E-state index in [1.165, 1.54) is 47.4 Å². The molecule has 5 heteroatoms. The topological polar surface area (TPSA) is 18.5 Å². The Bertz CT molecular complexity index is 1840. The number of halogens is 2. The molecule has 2 nitrogen and oxygen atoms in total. The quantitative estimate of drug-likeness (QED) is 0.244. The summed E-state index contributed by atoms with van der Waals surface area (Å²) in [6.45, 7) is 5.40. The van der Waals surface area contributed by atoms with Gasteiger partial charge in [-0.25, -0.2) is 0 Å². The minimum atomic E-state index is -2.76. The van der Waals surface area contributed by atoms with Crippen LogP contribution in [-0.4, -0.2) is 16.4 Å². The number of fused-ring (bicyclic) bond motifs is 5. The second kappa shape index (κ2) is 14.3. The molecule has 0 saturated carbocycles. The van der Waals surface area contributed by atoms with Crippen LogP contribution in [0.15, 0.2) is 125 Å². The molecule has 0 N–H and O–H groups in total. The van der Waals surface area contributed by atoms with Crippen molar-refractivity contribution in [3.63, 3.8) is 0 Å². The van der Waals surface area contributed by atoms with Crippen LogP contribution in [-0.2, 0) is 27.7 Å². The molecule has 0 fully saturated rings. The van der Waals surface area contributed by atoms with Crippen molar-refractivity contribution >= 4 is 17.2 Å². The Hall–Kier alpha value is -3.23. The van der Waals surface area contributed by atoms with E-state index >= 15 is 0 Å². The second-order valence-corrected chi connectivity index (χ2v) is 16.8. The van der Waals surface area contributed by atoms with Gasteiger partial charge in [-0.3, -0.25) is 0 Å². The molecule has 0 amide bonds. The van der Waals surface area contributed by atoms with Crippen LogP contribution in [0.25, 0.3) is 21.9 Å².